The maximum atomic E-state index is 14.2. The lowest BCUT2D eigenvalue weighted by atomic mass is 9.94. The minimum absolute atomic E-state index is 0.0405. The van der Waals surface area contributed by atoms with Crippen molar-refractivity contribution in [1.29, 1.82) is 0 Å². The summed E-state index contributed by atoms with van der Waals surface area (Å²) in [5.41, 5.74) is 4.86. The van der Waals surface area contributed by atoms with E-state index in [2.05, 4.69) is 5.32 Å². The summed E-state index contributed by atoms with van der Waals surface area (Å²) in [4.78, 5) is 14.2. The molecule has 1 amide bonds. The zero-order valence-electron chi connectivity index (χ0n) is 26.9. The second kappa shape index (κ2) is 16.3. The summed E-state index contributed by atoms with van der Waals surface area (Å²) >= 11 is 0. The molecular formula is C36H44FN2O6P. The fourth-order valence-electron chi connectivity index (χ4n) is 5.79. The Labute approximate surface area is 270 Å². The van der Waals surface area contributed by atoms with Crippen LogP contribution in [0.25, 0.3) is 22.4 Å². The highest BCUT2D eigenvalue weighted by atomic mass is 31.2. The van der Waals surface area contributed by atoms with E-state index in [0.717, 1.165) is 17.0 Å². The Hall–Kier alpha value is -3.59. The third kappa shape index (κ3) is 8.81. The quantitative estimate of drug-likeness (QED) is 0.106. The molecule has 0 bridgehead atoms. The van der Waals surface area contributed by atoms with Gasteiger partial charge in [0.05, 0.1) is 42.8 Å². The summed E-state index contributed by atoms with van der Waals surface area (Å²) in [7, 11) is -3.50. The number of halogens is 1. The second-order valence-corrected chi connectivity index (χ2v) is 13.5. The van der Waals surface area contributed by atoms with Crippen LogP contribution < -0.4 is 5.32 Å². The normalized spacial score (nSPS) is 13.1. The van der Waals surface area contributed by atoms with Crippen LogP contribution in [0.3, 0.4) is 0 Å². The van der Waals surface area contributed by atoms with E-state index in [4.69, 9.17) is 9.05 Å². The molecular weight excluding hydrogens is 606 g/mol. The number of aliphatic hydroxyl groups is 2. The minimum Gasteiger partial charge on any atom is -0.393 e. The topological polar surface area (TPSA) is 110 Å². The van der Waals surface area contributed by atoms with Crippen LogP contribution >= 0.6 is 7.60 Å². The Balaban J connectivity index is 1.78. The number of hydrogen-bond donors (Lipinski definition) is 3. The first-order valence-corrected chi connectivity index (χ1v) is 17.5. The highest BCUT2D eigenvalue weighted by Crippen LogP contribution is 2.49. The second-order valence-electron chi connectivity index (χ2n) is 11.4. The first kappa shape index (κ1) is 35.3. The molecule has 1 heterocycles. The lowest BCUT2D eigenvalue weighted by molar-refractivity contribution is 0.0791. The Morgan fingerprint density at radius 3 is 2.02 bits per heavy atom. The summed E-state index contributed by atoms with van der Waals surface area (Å²) in [6.07, 6.45) is -2.12. The van der Waals surface area contributed by atoms with Gasteiger partial charge in [-0.2, -0.15) is 0 Å². The molecule has 4 aromatic rings. The molecule has 0 radical (unpaired) electrons. The van der Waals surface area contributed by atoms with Crippen molar-refractivity contribution in [2.45, 2.75) is 65.2 Å². The molecule has 10 heteroatoms. The molecule has 0 fully saturated rings. The van der Waals surface area contributed by atoms with E-state index in [-0.39, 0.29) is 49.9 Å². The number of aliphatic hydroxyl groups excluding tert-OH is 2. The highest BCUT2D eigenvalue weighted by molar-refractivity contribution is 7.53. The predicted octanol–water partition coefficient (Wildman–Crippen LogP) is 8.11. The zero-order valence-corrected chi connectivity index (χ0v) is 27.8. The van der Waals surface area contributed by atoms with Crippen LogP contribution in [0.1, 0.15) is 62.5 Å². The first-order valence-electron chi connectivity index (χ1n) is 15.7. The van der Waals surface area contributed by atoms with Gasteiger partial charge in [0.25, 0.3) is 5.91 Å². The van der Waals surface area contributed by atoms with Crippen molar-refractivity contribution < 1.29 is 33.0 Å². The summed E-state index contributed by atoms with van der Waals surface area (Å²) in [6.45, 7) is 8.06. The van der Waals surface area contributed by atoms with E-state index in [1.54, 1.807) is 26.0 Å². The van der Waals surface area contributed by atoms with E-state index in [1.165, 1.54) is 12.1 Å². The summed E-state index contributed by atoms with van der Waals surface area (Å²) in [5.74, 6) is -0.774. The van der Waals surface area contributed by atoms with Gasteiger partial charge >= 0.3 is 7.60 Å². The Morgan fingerprint density at radius 1 is 0.870 bits per heavy atom. The molecule has 0 unspecified atom stereocenters. The van der Waals surface area contributed by atoms with Gasteiger partial charge in [-0.25, -0.2) is 4.39 Å². The van der Waals surface area contributed by atoms with Gasteiger partial charge in [-0.1, -0.05) is 62.4 Å². The molecule has 46 heavy (non-hydrogen) atoms. The number of benzene rings is 3. The predicted molar refractivity (Wildman–Crippen MR) is 181 cm³/mol. The average Bonchev–Trinajstić information content (AvgIpc) is 3.37. The molecule has 0 aliphatic heterocycles. The largest absolute Gasteiger partial charge is 0.393 e. The third-order valence-electron chi connectivity index (χ3n) is 7.61. The van der Waals surface area contributed by atoms with Crippen LogP contribution in [0, 0.1) is 5.82 Å². The lowest BCUT2D eigenvalue weighted by Crippen LogP contribution is -2.24. The van der Waals surface area contributed by atoms with E-state index < -0.39 is 19.8 Å². The smallest absolute Gasteiger partial charge is 0.333 e. The van der Waals surface area contributed by atoms with Crippen LogP contribution in [0.2, 0.25) is 0 Å². The van der Waals surface area contributed by atoms with Crippen molar-refractivity contribution in [3.05, 3.63) is 102 Å². The molecule has 3 N–H and O–H groups in total. The number of carbonyl (C=O) groups is 1. The monoisotopic (exact) mass is 650 g/mol. The molecule has 246 valence electrons. The molecule has 0 saturated heterocycles. The number of anilines is 1. The van der Waals surface area contributed by atoms with E-state index in [9.17, 15) is 24.0 Å². The number of amides is 1. The van der Waals surface area contributed by atoms with E-state index in [0.29, 0.717) is 28.9 Å². The van der Waals surface area contributed by atoms with Crippen molar-refractivity contribution in [1.82, 2.24) is 4.57 Å². The maximum Gasteiger partial charge on any atom is 0.333 e. The van der Waals surface area contributed by atoms with Crippen LogP contribution in [0.15, 0.2) is 84.9 Å². The van der Waals surface area contributed by atoms with Gasteiger partial charge < -0.3 is 29.1 Å². The van der Waals surface area contributed by atoms with Crippen LogP contribution in [0.5, 0.6) is 0 Å². The lowest BCUT2D eigenvalue weighted by Gasteiger charge is -2.23. The molecule has 1 aromatic heterocycles. The molecule has 0 saturated carbocycles. The number of rotatable bonds is 16. The fraction of sp³-hybridized carbons (Fsp3) is 0.361. The number of nitrogens with one attached hydrogen (secondary N) is 1. The zero-order chi connectivity index (χ0) is 33.3. The average molecular weight is 651 g/mol. The summed E-state index contributed by atoms with van der Waals surface area (Å²) in [5, 5.41) is 24.9. The third-order valence-corrected chi connectivity index (χ3v) is 9.78. The van der Waals surface area contributed by atoms with Crippen molar-refractivity contribution in [3.8, 4) is 22.4 Å². The van der Waals surface area contributed by atoms with Crippen molar-refractivity contribution >= 4 is 19.2 Å². The van der Waals surface area contributed by atoms with Crippen molar-refractivity contribution in [2.24, 2.45) is 0 Å². The van der Waals surface area contributed by atoms with Gasteiger partial charge in [0, 0.05) is 23.5 Å². The van der Waals surface area contributed by atoms with Crippen molar-refractivity contribution in [3.63, 3.8) is 0 Å². The molecule has 8 nitrogen and oxygen atoms in total. The Bertz CT molecular complexity index is 1600. The molecule has 0 spiro atoms. The van der Waals surface area contributed by atoms with Crippen molar-refractivity contribution in [2.75, 3.05) is 24.7 Å². The number of para-hydroxylation sites is 1. The number of carbonyl (C=O) groups excluding carboxylic acids is 1. The van der Waals surface area contributed by atoms with Crippen LogP contribution in [-0.4, -0.2) is 52.3 Å². The van der Waals surface area contributed by atoms with E-state index in [1.807, 2.05) is 79.1 Å². The maximum absolute atomic E-state index is 14.2. The molecule has 3 aromatic carbocycles. The minimum atomic E-state index is -3.50. The van der Waals surface area contributed by atoms with Gasteiger partial charge in [-0.05, 0) is 80.1 Å². The number of aromatic nitrogens is 1. The van der Waals surface area contributed by atoms with Gasteiger partial charge in [0.15, 0.2) is 0 Å². The standard InChI is InChI=1S/C36H44FN2O6P/c1-5-44-46(43,45-6-2)24-31(41)23-30(40)21-22-39-34(25(3)4)33(36(42)38-29-15-11-8-12-16-29)32(26-13-9-7-10-14-26)35(39)27-17-19-28(37)20-18-27/h7-20,25,30-31,40-41H,5-6,21-24H2,1-4H3,(H,38,42)/t30-,31-/m1/s1. The molecule has 2 atom stereocenters. The van der Waals surface area contributed by atoms with Gasteiger partial charge in [0.1, 0.15) is 5.82 Å². The highest BCUT2D eigenvalue weighted by Gasteiger charge is 2.32. The summed E-state index contributed by atoms with van der Waals surface area (Å²) < 4.78 is 39.7. The Morgan fingerprint density at radius 2 is 1.46 bits per heavy atom. The molecule has 4 rings (SSSR count). The molecule has 0 aliphatic carbocycles. The van der Waals surface area contributed by atoms with Gasteiger partial charge in [-0.3, -0.25) is 9.36 Å². The Kier molecular flexibility index (Phi) is 12.5. The number of hydrogen-bond acceptors (Lipinski definition) is 6. The SMILES string of the molecule is CCOP(=O)(C[C@H](O)C[C@H](O)CCn1c(-c2ccc(F)cc2)c(-c2ccccc2)c(C(=O)Nc2ccccc2)c1C(C)C)OCC. The van der Waals surface area contributed by atoms with Crippen LogP contribution in [0.4, 0.5) is 10.1 Å². The van der Waals surface area contributed by atoms with Crippen LogP contribution in [-0.2, 0) is 20.2 Å². The first-order chi connectivity index (χ1) is 22.1. The van der Waals surface area contributed by atoms with Gasteiger partial charge in [0.2, 0.25) is 0 Å². The summed E-state index contributed by atoms with van der Waals surface area (Å²) in [6, 6.07) is 25.0. The fourth-order valence-corrected chi connectivity index (χ4v) is 7.52. The number of nitrogens with zero attached hydrogens (tertiary/aromatic N) is 1. The molecule has 0 aliphatic rings. The van der Waals surface area contributed by atoms with Gasteiger partial charge in [-0.15, -0.1) is 0 Å². The van der Waals surface area contributed by atoms with E-state index >= 15 is 0 Å².